The summed E-state index contributed by atoms with van der Waals surface area (Å²) < 4.78 is 10.9. The van der Waals surface area contributed by atoms with Crippen LogP contribution in [0, 0.1) is 13.5 Å². The molecule has 0 amide bonds. The molecule has 1 saturated heterocycles. The molecule has 0 saturated carbocycles. The van der Waals surface area contributed by atoms with E-state index in [9.17, 15) is 4.79 Å². The molecular weight excluding hydrogens is 458 g/mol. The van der Waals surface area contributed by atoms with E-state index in [2.05, 4.69) is 36.0 Å². The number of nitrogens with zero attached hydrogens (tertiary/aromatic N) is 3. The van der Waals surface area contributed by atoms with E-state index < -0.39 is 0 Å². The van der Waals surface area contributed by atoms with Crippen LogP contribution in [0.25, 0.3) is 4.85 Å². The number of hydrogen-bond donors (Lipinski definition) is 4. The number of carbonyl (C=O) groups excluding carboxylic acids is 1. The highest BCUT2D eigenvalue weighted by atomic mass is 16.5. The third kappa shape index (κ3) is 6.31. The van der Waals surface area contributed by atoms with Crippen LogP contribution in [0.4, 0.5) is 23.1 Å². The molecule has 4 rings (SSSR count). The van der Waals surface area contributed by atoms with Gasteiger partial charge in [0.2, 0.25) is 5.69 Å². The van der Waals surface area contributed by atoms with E-state index in [-0.39, 0.29) is 11.9 Å². The van der Waals surface area contributed by atoms with Crippen LogP contribution in [0.3, 0.4) is 0 Å². The van der Waals surface area contributed by atoms with Crippen molar-refractivity contribution in [2.45, 2.75) is 32.6 Å². The first kappa shape index (κ1) is 25.0. The fourth-order valence-electron chi connectivity index (χ4n) is 4.19. The van der Waals surface area contributed by atoms with Crippen LogP contribution < -0.4 is 20.7 Å². The van der Waals surface area contributed by atoms with Gasteiger partial charge in [0.1, 0.15) is 24.0 Å². The van der Waals surface area contributed by atoms with Gasteiger partial charge in [-0.15, -0.1) is 0 Å². The monoisotopic (exact) mass is 489 g/mol. The van der Waals surface area contributed by atoms with Crippen molar-refractivity contribution >= 4 is 29.1 Å². The maximum Gasteiger partial charge on any atom is 0.338 e. The molecular formula is C26H31N7O3. The number of aryl methyl sites for hydroxylation is 1. The lowest BCUT2D eigenvalue weighted by Crippen LogP contribution is -2.26. The summed E-state index contributed by atoms with van der Waals surface area (Å²) in [4.78, 5) is 20.5. The summed E-state index contributed by atoms with van der Waals surface area (Å²) in [5, 5.41) is 17.1. The van der Waals surface area contributed by atoms with Crippen LogP contribution in [0.1, 0.15) is 47.3 Å². The number of ether oxygens (including phenoxy) is 2. The van der Waals surface area contributed by atoms with Crippen LogP contribution >= 0.6 is 0 Å². The lowest BCUT2D eigenvalue weighted by molar-refractivity contribution is 0.0526. The second kappa shape index (κ2) is 12.0. The van der Waals surface area contributed by atoms with Gasteiger partial charge in [0.15, 0.2) is 5.82 Å². The summed E-state index contributed by atoms with van der Waals surface area (Å²) >= 11 is 0. The molecule has 1 aliphatic rings. The van der Waals surface area contributed by atoms with E-state index in [1.807, 2.05) is 19.1 Å². The second-order valence-electron chi connectivity index (χ2n) is 8.51. The number of H-pyrrole nitrogens is 1. The van der Waals surface area contributed by atoms with Crippen molar-refractivity contribution in [3.63, 3.8) is 0 Å². The Balaban J connectivity index is 1.48. The highest BCUT2D eigenvalue weighted by Crippen LogP contribution is 2.39. The molecule has 1 aliphatic heterocycles. The fraction of sp³-hybridized carbons (Fsp3) is 0.385. The Bertz CT molecular complexity index is 1230. The number of nitrogens with one attached hydrogen (secondary N) is 4. The lowest BCUT2D eigenvalue weighted by atomic mass is 9.89. The van der Waals surface area contributed by atoms with Crippen LogP contribution in [0.5, 0.6) is 5.75 Å². The molecule has 4 N–H and O–H groups in total. The van der Waals surface area contributed by atoms with Crippen molar-refractivity contribution < 1.29 is 14.3 Å². The third-order valence-corrected chi connectivity index (χ3v) is 5.88. The standard InChI is InChI=1S/C26H31N7O3/c1-4-35-26(34)19-6-5-7-20(15-19)36-13-12-29-25-24(27-3)21(18-8-10-28-11-9-18)16-22(31-25)30-23-14-17(2)32-33-23/h5-7,14-16,18,28H,4,8-13H2,1-2H3,(H3,29,30,31,32,33). The van der Waals surface area contributed by atoms with Crippen LogP contribution in [0.15, 0.2) is 36.4 Å². The quantitative estimate of drug-likeness (QED) is 0.186. The number of aromatic nitrogens is 3. The number of carbonyl (C=O) groups is 1. The normalized spacial score (nSPS) is 13.6. The molecule has 188 valence electrons. The molecule has 10 nitrogen and oxygen atoms in total. The van der Waals surface area contributed by atoms with Gasteiger partial charge in [-0.3, -0.25) is 5.10 Å². The van der Waals surface area contributed by atoms with Gasteiger partial charge < -0.3 is 25.4 Å². The molecule has 1 fully saturated rings. The van der Waals surface area contributed by atoms with Crippen LogP contribution in [-0.4, -0.2) is 54.0 Å². The van der Waals surface area contributed by atoms with E-state index in [4.69, 9.17) is 16.0 Å². The highest BCUT2D eigenvalue weighted by Gasteiger charge is 2.23. The van der Waals surface area contributed by atoms with Gasteiger partial charge in [0.05, 0.1) is 18.7 Å². The molecule has 10 heteroatoms. The third-order valence-electron chi connectivity index (χ3n) is 5.88. The first-order chi connectivity index (χ1) is 17.6. The number of rotatable bonds is 10. The Morgan fingerprint density at radius 1 is 1.22 bits per heavy atom. The SMILES string of the molecule is [C-]#[N+]c1c(C2CCNCC2)cc(Nc2cc(C)[nH]n2)nc1NCCOc1cccc(C(=O)OCC)c1. The van der Waals surface area contributed by atoms with Gasteiger partial charge in [-0.1, -0.05) is 6.07 Å². The molecule has 36 heavy (non-hydrogen) atoms. The van der Waals surface area contributed by atoms with Crippen molar-refractivity contribution in [2.24, 2.45) is 0 Å². The molecule has 0 spiro atoms. The Morgan fingerprint density at radius 2 is 2.06 bits per heavy atom. The van der Waals surface area contributed by atoms with Gasteiger partial charge >= 0.3 is 5.97 Å². The maximum absolute atomic E-state index is 12.0. The predicted octanol–water partition coefficient (Wildman–Crippen LogP) is 4.54. The summed E-state index contributed by atoms with van der Waals surface area (Å²) in [6.07, 6.45) is 1.93. The van der Waals surface area contributed by atoms with Crippen LogP contribution in [-0.2, 0) is 4.74 Å². The van der Waals surface area contributed by atoms with Gasteiger partial charge in [-0.05, 0) is 75.5 Å². The molecule has 2 aromatic heterocycles. The zero-order valence-electron chi connectivity index (χ0n) is 20.6. The van der Waals surface area contributed by atoms with Gasteiger partial charge in [0, 0.05) is 18.3 Å². The molecule has 0 aliphatic carbocycles. The average molecular weight is 490 g/mol. The number of aromatic amines is 1. The fourth-order valence-corrected chi connectivity index (χ4v) is 4.19. The maximum atomic E-state index is 12.0. The highest BCUT2D eigenvalue weighted by molar-refractivity contribution is 5.89. The van der Waals surface area contributed by atoms with Crippen molar-refractivity contribution in [3.05, 3.63) is 64.6 Å². The molecule has 1 aromatic carbocycles. The first-order valence-electron chi connectivity index (χ1n) is 12.1. The number of esters is 1. The summed E-state index contributed by atoms with van der Waals surface area (Å²) in [6, 6.07) is 10.8. The van der Waals surface area contributed by atoms with Gasteiger partial charge in [0.25, 0.3) is 0 Å². The smallest absolute Gasteiger partial charge is 0.338 e. The van der Waals surface area contributed by atoms with Crippen LogP contribution in [0.2, 0.25) is 0 Å². The second-order valence-corrected chi connectivity index (χ2v) is 8.51. The van der Waals surface area contributed by atoms with E-state index in [0.717, 1.165) is 37.2 Å². The summed E-state index contributed by atoms with van der Waals surface area (Å²) in [5.74, 6) is 2.28. The Labute approximate surface area is 210 Å². The molecule has 0 atom stereocenters. The molecule has 3 heterocycles. The van der Waals surface area contributed by atoms with Crippen molar-refractivity contribution in [3.8, 4) is 5.75 Å². The first-order valence-corrected chi connectivity index (χ1v) is 12.1. The largest absolute Gasteiger partial charge is 0.492 e. The van der Waals surface area contributed by atoms with E-state index in [1.165, 1.54) is 0 Å². The minimum absolute atomic E-state index is 0.280. The summed E-state index contributed by atoms with van der Waals surface area (Å²) in [5.41, 5.74) is 2.91. The number of piperidine rings is 1. The Morgan fingerprint density at radius 3 is 2.78 bits per heavy atom. The van der Waals surface area contributed by atoms with Crippen molar-refractivity contribution in [2.75, 3.05) is 43.5 Å². The zero-order chi connectivity index (χ0) is 25.3. The van der Waals surface area contributed by atoms with Crippen molar-refractivity contribution in [1.29, 1.82) is 0 Å². The summed E-state index contributed by atoms with van der Waals surface area (Å²) in [6.45, 7) is 14.5. The lowest BCUT2D eigenvalue weighted by Gasteiger charge is -2.25. The van der Waals surface area contributed by atoms with Crippen molar-refractivity contribution in [1.82, 2.24) is 20.5 Å². The van der Waals surface area contributed by atoms with E-state index >= 15 is 0 Å². The number of anilines is 3. The minimum atomic E-state index is -0.381. The van der Waals surface area contributed by atoms with Gasteiger partial charge in [-0.2, -0.15) is 5.10 Å². The Hall–Kier alpha value is -4.10. The molecule has 0 radical (unpaired) electrons. The molecule has 3 aromatic rings. The Kier molecular flexibility index (Phi) is 8.36. The number of hydrogen-bond acceptors (Lipinski definition) is 8. The number of benzene rings is 1. The zero-order valence-corrected chi connectivity index (χ0v) is 20.6. The van der Waals surface area contributed by atoms with Gasteiger partial charge in [-0.25, -0.2) is 14.6 Å². The molecule has 0 bridgehead atoms. The molecule has 0 unspecified atom stereocenters. The average Bonchev–Trinajstić information content (AvgIpc) is 3.31. The minimum Gasteiger partial charge on any atom is -0.492 e. The van der Waals surface area contributed by atoms with E-state index in [0.29, 0.717) is 54.2 Å². The topological polar surface area (TPSA) is 118 Å². The predicted molar refractivity (Wildman–Crippen MR) is 138 cm³/mol. The van der Waals surface area contributed by atoms with E-state index in [1.54, 1.807) is 31.2 Å². The summed E-state index contributed by atoms with van der Waals surface area (Å²) in [7, 11) is 0. The number of pyridine rings is 1.